The molecule has 2 saturated heterocycles. The normalized spacial score (nSPS) is 24.0. The molecule has 0 aliphatic carbocycles. The Bertz CT molecular complexity index is 488. The minimum Gasteiger partial charge on any atom is -0.379 e. The Hall–Kier alpha value is -0.390. The highest BCUT2D eigenvalue weighted by Gasteiger charge is 2.24. The molecule has 0 amide bonds. The lowest BCUT2D eigenvalue weighted by Crippen LogP contribution is -2.43. The predicted octanol–water partition coefficient (Wildman–Crippen LogP) is 3.47. The third-order valence-electron chi connectivity index (χ3n) is 4.94. The number of aromatic nitrogens is 1. The van der Waals surface area contributed by atoms with Gasteiger partial charge in [0.2, 0.25) is 0 Å². The Labute approximate surface area is 148 Å². The second-order valence-corrected chi connectivity index (χ2v) is 7.26. The highest BCUT2D eigenvalue weighted by molar-refractivity contribution is 6.35. The molecule has 23 heavy (non-hydrogen) atoms. The van der Waals surface area contributed by atoms with E-state index < -0.39 is 0 Å². The van der Waals surface area contributed by atoms with Crippen LogP contribution < -0.4 is 0 Å². The molecule has 2 fully saturated rings. The van der Waals surface area contributed by atoms with Gasteiger partial charge in [-0.05, 0) is 32.4 Å². The summed E-state index contributed by atoms with van der Waals surface area (Å²) >= 11 is 12.6. The van der Waals surface area contributed by atoms with Crippen molar-refractivity contribution in [2.24, 2.45) is 0 Å². The average Bonchev–Trinajstić information content (AvgIpc) is 2.58. The van der Waals surface area contributed by atoms with Gasteiger partial charge in [-0.25, -0.2) is 0 Å². The number of pyridine rings is 1. The fraction of sp³-hybridized carbons (Fsp3) is 0.706. The second-order valence-electron chi connectivity index (χ2n) is 6.44. The van der Waals surface area contributed by atoms with Crippen molar-refractivity contribution in [2.45, 2.75) is 38.3 Å². The largest absolute Gasteiger partial charge is 0.379 e. The third-order valence-corrected chi connectivity index (χ3v) is 5.60. The molecular weight excluding hydrogens is 333 g/mol. The van der Waals surface area contributed by atoms with Gasteiger partial charge in [0.05, 0.1) is 23.3 Å². The van der Waals surface area contributed by atoms with Crippen LogP contribution in [-0.2, 0) is 11.3 Å². The summed E-state index contributed by atoms with van der Waals surface area (Å²) in [5.41, 5.74) is 1.02. The van der Waals surface area contributed by atoms with Gasteiger partial charge in [-0.15, -0.1) is 0 Å². The van der Waals surface area contributed by atoms with E-state index in [9.17, 15) is 0 Å². The maximum absolute atomic E-state index is 6.30. The molecule has 0 aromatic carbocycles. The van der Waals surface area contributed by atoms with Gasteiger partial charge >= 0.3 is 0 Å². The SMILES string of the molecule is Clc1cncc(Cl)c1CN1CCCC[C@@H]1CCN1CCOCC1. The fourth-order valence-electron chi connectivity index (χ4n) is 3.54. The van der Waals surface area contributed by atoms with Gasteiger partial charge in [-0.3, -0.25) is 14.8 Å². The first-order valence-electron chi connectivity index (χ1n) is 8.56. The van der Waals surface area contributed by atoms with Crippen LogP contribution in [0.4, 0.5) is 0 Å². The van der Waals surface area contributed by atoms with Gasteiger partial charge in [0, 0.05) is 43.6 Å². The van der Waals surface area contributed by atoms with Gasteiger partial charge in [-0.2, -0.15) is 0 Å². The Morgan fingerprint density at radius 2 is 1.83 bits per heavy atom. The maximum atomic E-state index is 6.30. The molecule has 128 valence electrons. The Morgan fingerprint density at radius 3 is 2.57 bits per heavy atom. The van der Waals surface area contributed by atoms with Crippen LogP contribution >= 0.6 is 23.2 Å². The second kappa shape index (κ2) is 8.63. The van der Waals surface area contributed by atoms with Crippen LogP contribution in [-0.4, -0.2) is 60.2 Å². The summed E-state index contributed by atoms with van der Waals surface area (Å²) in [5, 5.41) is 1.35. The number of ether oxygens (including phenoxy) is 1. The minimum atomic E-state index is 0.617. The van der Waals surface area contributed by atoms with Crippen molar-refractivity contribution in [3.63, 3.8) is 0 Å². The van der Waals surface area contributed by atoms with Crippen LogP contribution in [0.2, 0.25) is 10.0 Å². The van der Waals surface area contributed by atoms with Crippen molar-refractivity contribution in [1.29, 1.82) is 0 Å². The van der Waals surface area contributed by atoms with Crippen molar-refractivity contribution in [3.05, 3.63) is 28.0 Å². The summed E-state index contributed by atoms with van der Waals surface area (Å²) in [5.74, 6) is 0. The van der Waals surface area contributed by atoms with Gasteiger partial charge < -0.3 is 4.74 Å². The summed E-state index contributed by atoms with van der Waals surface area (Å²) < 4.78 is 5.43. The van der Waals surface area contributed by atoms with E-state index in [-0.39, 0.29) is 0 Å². The summed E-state index contributed by atoms with van der Waals surface area (Å²) in [7, 11) is 0. The van der Waals surface area contributed by atoms with Crippen LogP contribution in [0.1, 0.15) is 31.2 Å². The monoisotopic (exact) mass is 357 g/mol. The summed E-state index contributed by atoms with van der Waals surface area (Å²) in [6.45, 7) is 6.98. The number of nitrogens with zero attached hydrogens (tertiary/aromatic N) is 3. The van der Waals surface area contributed by atoms with Gasteiger partial charge in [0.15, 0.2) is 0 Å². The quantitative estimate of drug-likeness (QED) is 0.806. The number of hydrogen-bond donors (Lipinski definition) is 0. The first-order valence-corrected chi connectivity index (χ1v) is 9.31. The molecule has 0 spiro atoms. The zero-order valence-electron chi connectivity index (χ0n) is 13.5. The first kappa shape index (κ1) is 17.4. The van der Waals surface area contributed by atoms with Crippen LogP contribution in [0.5, 0.6) is 0 Å². The van der Waals surface area contributed by atoms with Crippen LogP contribution in [0.3, 0.4) is 0 Å². The molecular formula is C17H25Cl2N3O. The molecule has 2 aliphatic rings. The van der Waals surface area contributed by atoms with Gasteiger partial charge in [0.1, 0.15) is 0 Å². The first-order chi connectivity index (χ1) is 11.2. The van der Waals surface area contributed by atoms with Crippen molar-refractivity contribution in [1.82, 2.24) is 14.8 Å². The number of likely N-dealkylation sites (tertiary alicyclic amines) is 1. The average molecular weight is 358 g/mol. The lowest BCUT2D eigenvalue weighted by atomic mass is 9.98. The number of piperidine rings is 1. The molecule has 0 saturated carbocycles. The molecule has 6 heteroatoms. The number of rotatable bonds is 5. The minimum absolute atomic E-state index is 0.617. The van der Waals surface area contributed by atoms with E-state index in [1.807, 2.05) is 0 Å². The molecule has 0 unspecified atom stereocenters. The standard InChI is InChI=1S/C17H25Cl2N3O/c18-16-11-20-12-17(19)15(16)13-22-5-2-1-3-14(22)4-6-21-7-9-23-10-8-21/h11-12,14H,1-10,13H2/t14-/m1/s1. The van der Waals surface area contributed by atoms with Crippen LogP contribution in [0.15, 0.2) is 12.4 Å². The van der Waals surface area contributed by atoms with Crippen LogP contribution in [0, 0.1) is 0 Å². The molecule has 1 atom stereocenters. The Kier molecular flexibility index (Phi) is 6.54. The van der Waals surface area contributed by atoms with Gasteiger partial charge in [0.25, 0.3) is 0 Å². The van der Waals surface area contributed by atoms with E-state index in [1.165, 1.54) is 25.7 Å². The van der Waals surface area contributed by atoms with E-state index >= 15 is 0 Å². The van der Waals surface area contributed by atoms with Gasteiger partial charge in [-0.1, -0.05) is 29.6 Å². The van der Waals surface area contributed by atoms with E-state index in [4.69, 9.17) is 27.9 Å². The molecule has 2 aliphatic heterocycles. The van der Waals surface area contributed by atoms with Crippen molar-refractivity contribution in [2.75, 3.05) is 39.4 Å². The highest BCUT2D eigenvalue weighted by Crippen LogP contribution is 2.28. The Morgan fingerprint density at radius 1 is 1.09 bits per heavy atom. The lowest BCUT2D eigenvalue weighted by molar-refractivity contribution is 0.0302. The molecule has 1 aromatic rings. The topological polar surface area (TPSA) is 28.6 Å². The van der Waals surface area contributed by atoms with Crippen molar-refractivity contribution in [3.8, 4) is 0 Å². The Balaban J connectivity index is 1.59. The van der Waals surface area contributed by atoms with E-state index in [0.717, 1.165) is 51.5 Å². The van der Waals surface area contributed by atoms with E-state index in [2.05, 4.69) is 14.8 Å². The predicted molar refractivity (Wildman–Crippen MR) is 94.2 cm³/mol. The van der Waals surface area contributed by atoms with Crippen molar-refractivity contribution >= 4 is 23.2 Å². The smallest absolute Gasteiger partial charge is 0.0649 e. The zero-order chi connectivity index (χ0) is 16.1. The molecule has 0 radical (unpaired) electrons. The van der Waals surface area contributed by atoms with E-state index in [0.29, 0.717) is 16.1 Å². The molecule has 0 bridgehead atoms. The van der Waals surface area contributed by atoms with Crippen molar-refractivity contribution < 1.29 is 4.74 Å². The summed E-state index contributed by atoms with van der Waals surface area (Å²) in [4.78, 5) is 9.12. The molecule has 3 rings (SSSR count). The zero-order valence-corrected chi connectivity index (χ0v) is 15.0. The third kappa shape index (κ3) is 4.80. The molecule has 3 heterocycles. The summed E-state index contributed by atoms with van der Waals surface area (Å²) in [6, 6.07) is 0.617. The lowest BCUT2D eigenvalue weighted by Gasteiger charge is -2.37. The number of hydrogen-bond acceptors (Lipinski definition) is 4. The molecule has 0 N–H and O–H groups in total. The van der Waals surface area contributed by atoms with E-state index in [1.54, 1.807) is 12.4 Å². The van der Waals surface area contributed by atoms with Crippen LogP contribution in [0.25, 0.3) is 0 Å². The number of morpholine rings is 1. The molecule has 4 nitrogen and oxygen atoms in total. The molecule has 1 aromatic heterocycles. The number of halogens is 2. The fourth-order valence-corrected chi connectivity index (χ4v) is 4.03. The highest BCUT2D eigenvalue weighted by atomic mass is 35.5. The summed E-state index contributed by atoms with van der Waals surface area (Å²) in [6.07, 6.45) is 8.44. The maximum Gasteiger partial charge on any atom is 0.0649 e.